The van der Waals surface area contributed by atoms with Crippen molar-refractivity contribution in [1.82, 2.24) is 20.0 Å². The molecule has 0 amide bonds. The molecule has 6 heteroatoms. The van der Waals surface area contributed by atoms with Gasteiger partial charge in [0.15, 0.2) is 5.69 Å². The summed E-state index contributed by atoms with van der Waals surface area (Å²) in [6.07, 6.45) is 3.80. The van der Waals surface area contributed by atoms with Crippen molar-refractivity contribution in [3.8, 4) is 6.07 Å². The molecule has 2 heterocycles. The molecule has 2 aromatic heterocycles. The summed E-state index contributed by atoms with van der Waals surface area (Å²) in [4.78, 5) is 0. The van der Waals surface area contributed by atoms with Crippen LogP contribution in [-0.4, -0.2) is 20.0 Å². The molecule has 0 radical (unpaired) electrons. The monoisotopic (exact) mass is 278 g/mol. The van der Waals surface area contributed by atoms with Gasteiger partial charge in [0.1, 0.15) is 6.07 Å². The normalized spacial score (nSPS) is 10.5. The van der Waals surface area contributed by atoms with Crippen molar-refractivity contribution in [2.24, 2.45) is 0 Å². The Morgan fingerprint density at radius 3 is 2.90 bits per heavy atom. The lowest BCUT2D eigenvalue weighted by molar-refractivity contribution is 0.659. The van der Waals surface area contributed by atoms with Crippen LogP contribution in [0.15, 0.2) is 36.7 Å². The molecule has 0 saturated heterocycles. The maximum absolute atomic E-state index is 9.21. The van der Waals surface area contributed by atoms with Crippen LogP contribution in [-0.2, 0) is 13.1 Å². The highest BCUT2D eigenvalue weighted by Crippen LogP contribution is 2.24. The van der Waals surface area contributed by atoms with Gasteiger partial charge in [0.25, 0.3) is 0 Å². The van der Waals surface area contributed by atoms with Crippen LogP contribution in [0, 0.1) is 11.3 Å². The fraction of sp³-hybridized carbons (Fsp3) is 0.200. The number of hydrogen-bond acceptors (Lipinski definition) is 5. The lowest BCUT2D eigenvalue weighted by atomic mass is 10.1. The van der Waals surface area contributed by atoms with E-state index in [4.69, 9.17) is 0 Å². The molecule has 3 aromatic rings. The number of nitrogens with zero attached hydrogens (tertiary/aromatic N) is 5. The Balaban J connectivity index is 1.93. The van der Waals surface area contributed by atoms with Crippen LogP contribution in [0.5, 0.6) is 0 Å². The molecule has 104 valence electrons. The number of fused-ring (bicyclic) bond motifs is 1. The second kappa shape index (κ2) is 5.59. The van der Waals surface area contributed by atoms with E-state index in [1.807, 2.05) is 48.3 Å². The molecule has 0 bridgehead atoms. The zero-order valence-corrected chi connectivity index (χ0v) is 11.6. The fourth-order valence-electron chi connectivity index (χ4n) is 2.17. The first-order valence-electron chi connectivity index (χ1n) is 6.72. The number of anilines is 1. The first kappa shape index (κ1) is 13.1. The van der Waals surface area contributed by atoms with E-state index in [2.05, 4.69) is 26.7 Å². The van der Waals surface area contributed by atoms with E-state index in [-0.39, 0.29) is 0 Å². The predicted molar refractivity (Wildman–Crippen MR) is 79.5 cm³/mol. The lowest BCUT2D eigenvalue weighted by Gasteiger charge is -2.09. The van der Waals surface area contributed by atoms with Gasteiger partial charge in [0.05, 0.1) is 17.4 Å². The van der Waals surface area contributed by atoms with Gasteiger partial charge < -0.3 is 5.32 Å². The fourth-order valence-corrected chi connectivity index (χ4v) is 2.17. The number of aryl methyl sites for hydroxylation is 1. The number of rotatable bonds is 4. The highest BCUT2D eigenvalue weighted by molar-refractivity contribution is 5.92. The van der Waals surface area contributed by atoms with Crippen LogP contribution in [0.3, 0.4) is 0 Å². The Labute approximate surface area is 122 Å². The van der Waals surface area contributed by atoms with Gasteiger partial charge in [-0.2, -0.15) is 10.4 Å². The van der Waals surface area contributed by atoms with E-state index < -0.39 is 0 Å². The summed E-state index contributed by atoms with van der Waals surface area (Å²) in [5.74, 6) is 0. The third-order valence-electron chi connectivity index (χ3n) is 3.25. The minimum Gasteiger partial charge on any atom is -0.378 e. The Kier molecular flexibility index (Phi) is 3.48. The van der Waals surface area contributed by atoms with Gasteiger partial charge in [-0.05, 0) is 13.0 Å². The molecule has 0 fully saturated rings. The summed E-state index contributed by atoms with van der Waals surface area (Å²) in [6.45, 7) is 3.46. The van der Waals surface area contributed by atoms with Crippen LogP contribution in [0.2, 0.25) is 0 Å². The van der Waals surface area contributed by atoms with Crippen molar-refractivity contribution in [3.05, 3.63) is 47.9 Å². The quantitative estimate of drug-likeness (QED) is 0.792. The van der Waals surface area contributed by atoms with Crippen molar-refractivity contribution in [2.45, 2.75) is 20.0 Å². The molecule has 0 aliphatic heterocycles. The Hall–Kier alpha value is -2.94. The Bertz CT molecular complexity index is 814. The SMILES string of the molecule is CCn1cc(CNc2c(C#N)nnc3ccccc23)cn1. The van der Waals surface area contributed by atoms with Gasteiger partial charge >= 0.3 is 0 Å². The number of nitriles is 1. The van der Waals surface area contributed by atoms with Crippen LogP contribution in [0.1, 0.15) is 18.2 Å². The number of hydrogen-bond donors (Lipinski definition) is 1. The average Bonchev–Trinajstić information content (AvgIpc) is 3.00. The number of nitrogens with one attached hydrogen (secondary N) is 1. The van der Waals surface area contributed by atoms with Crippen LogP contribution < -0.4 is 5.32 Å². The van der Waals surface area contributed by atoms with Gasteiger partial charge in [-0.15, -0.1) is 10.2 Å². The lowest BCUT2D eigenvalue weighted by Crippen LogP contribution is -2.04. The average molecular weight is 278 g/mol. The van der Waals surface area contributed by atoms with Crippen molar-refractivity contribution in [3.63, 3.8) is 0 Å². The third-order valence-corrected chi connectivity index (χ3v) is 3.25. The molecule has 0 atom stereocenters. The van der Waals surface area contributed by atoms with Crippen molar-refractivity contribution in [1.29, 1.82) is 5.26 Å². The maximum Gasteiger partial charge on any atom is 0.186 e. The van der Waals surface area contributed by atoms with Crippen LogP contribution in [0.25, 0.3) is 10.9 Å². The molecule has 0 unspecified atom stereocenters. The summed E-state index contributed by atoms with van der Waals surface area (Å²) < 4.78 is 1.87. The molecule has 0 aliphatic carbocycles. The predicted octanol–water partition coefficient (Wildman–Crippen LogP) is 2.33. The van der Waals surface area contributed by atoms with E-state index in [0.717, 1.165) is 23.0 Å². The Morgan fingerprint density at radius 2 is 2.14 bits per heavy atom. The second-order valence-corrected chi connectivity index (χ2v) is 4.61. The molecule has 0 aliphatic rings. The summed E-state index contributed by atoms with van der Waals surface area (Å²) in [5.41, 5.74) is 2.84. The standard InChI is InChI=1S/C15H14N6/c1-2-21-10-11(9-18-21)8-17-15-12-5-3-4-6-13(12)19-20-14(15)7-16/h3-6,9-10H,2,8H2,1H3,(H,17,19). The summed E-state index contributed by atoms with van der Waals surface area (Å²) in [5, 5.41) is 25.6. The van der Waals surface area contributed by atoms with E-state index in [9.17, 15) is 5.26 Å². The molecule has 0 spiro atoms. The van der Waals surface area contributed by atoms with E-state index in [1.54, 1.807) is 0 Å². The van der Waals surface area contributed by atoms with Crippen molar-refractivity contribution < 1.29 is 0 Å². The molecular weight excluding hydrogens is 264 g/mol. The van der Waals surface area contributed by atoms with Gasteiger partial charge in [0, 0.05) is 30.2 Å². The Morgan fingerprint density at radius 1 is 1.29 bits per heavy atom. The minimum atomic E-state index is 0.302. The first-order chi connectivity index (χ1) is 10.3. The molecule has 1 aromatic carbocycles. The molecule has 1 N–H and O–H groups in total. The van der Waals surface area contributed by atoms with Gasteiger partial charge in [-0.1, -0.05) is 18.2 Å². The number of benzene rings is 1. The van der Waals surface area contributed by atoms with Gasteiger partial charge in [-0.25, -0.2) is 0 Å². The maximum atomic E-state index is 9.21. The third kappa shape index (κ3) is 2.54. The van der Waals surface area contributed by atoms with Crippen LogP contribution >= 0.6 is 0 Å². The first-order valence-corrected chi connectivity index (χ1v) is 6.72. The van der Waals surface area contributed by atoms with E-state index in [0.29, 0.717) is 17.9 Å². The van der Waals surface area contributed by atoms with E-state index >= 15 is 0 Å². The molecule has 21 heavy (non-hydrogen) atoms. The van der Waals surface area contributed by atoms with Crippen molar-refractivity contribution >= 4 is 16.6 Å². The summed E-state index contributed by atoms with van der Waals surface area (Å²) >= 11 is 0. The highest BCUT2D eigenvalue weighted by atomic mass is 15.3. The zero-order valence-electron chi connectivity index (χ0n) is 11.6. The largest absolute Gasteiger partial charge is 0.378 e. The second-order valence-electron chi connectivity index (χ2n) is 4.61. The summed E-state index contributed by atoms with van der Waals surface area (Å²) in [7, 11) is 0. The molecule has 3 rings (SSSR count). The topological polar surface area (TPSA) is 79.4 Å². The van der Waals surface area contributed by atoms with Crippen molar-refractivity contribution in [2.75, 3.05) is 5.32 Å². The highest BCUT2D eigenvalue weighted by Gasteiger charge is 2.10. The zero-order chi connectivity index (χ0) is 14.7. The van der Waals surface area contributed by atoms with Crippen LogP contribution in [0.4, 0.5) is 5.69 Å². The van der Waals surface area contributed by atoms with E-state index in [1.165, 1.54) is 0 Å². The van der Waals surface area contributed by atoms with Gasteiger partial charge in [0.2, 0.25) is 0 Å². The molecular formula is C15H14N6. The number of aromatic nitrogens is 4. The smallest absolute Gasteiger partial charge is 0.186 e. The molecule has 6 nitrogen and oxygen atoms in total. The molecule has 0 saturated carbocycles. The summed E-state index contributed by atoms with van der Waals surface area (Å²) in [6, 6.07) is 9.72. The minimum absolute atomic E-state index is 0.302. The van der Waals surface area contributed by atoms with Gasteiger partial charge in [-0.3, -0.25) is 4.68 Å².